The highest BCUT2D eigenvalue weighted by atomic mass is 16.3. The third kappa shape index (κ3) is 8.25. The van der Waals surface area contributed by atoms with Crippen LogP contribution < -0.4 is 0 Å². The molecule has 0 N–H and O–H groups in total. The van der Waals surface area contributed by atoms with Gasteiger partial charge in [0, 0.05) is 44.4 Å². The van der Waals surface area contributed by atoms with E-state index in [0.717, 1.165) is 140 Å². The summed E-state index contributed by atoms with van der Waals surface area (Å²) in [4.78, 5) is 21.2. The molecule has 0 radical (unpaired) electrons. The van der Waals surface area contributed by atoms with Crippen LogP contribution in [-0.2, 0) is 0 Å². The van der Waals surface area contributed by atoms with E-state index >= 15 is 0 Å². The summed E-state index contributed by atoms with van der Waals surface area (Å²) in [5.74, 6) is 2.34. The molecule has 0 atom stereocenters. The lowest BCUT2D eigenvalue weighted by Gasteiger charge is -2.14. The zero-order valence-corrected chi connectivity index (χ0v) is 42.6. The summed E-state index contributed by atoms with van der Waals surface area (Å²) in [5.41, 5.74) is 20.5. The molecule has 15 aromatic rings. The fraction of sp³-hybridized carbons (Fsp3) is 0. The van der Waals surface area contributed by atoms with Crippen LogP contribution in [0.15, 0.2) is 283 Å². The fourth-order valence-electron chi connectivity index (χ4n) is 11.1. The van der Waals surface area contributed by atoms with Gasteiger partial charge < -0.3 is 4.42 Å². The van der Waals surface area contributed by atoms with E-state index in [1.54, 1.807) is 0 Å². The highest BCUT2D eigenvalue weighted by molar-refractivity contribution is 6.09. The second-order valence-corrected chi connectivity index (χ2v) is 19.8. The highest BCUT2D eigenvalue weighted by Crippen LogP contribution is 2.40. The van der Waals surface area contributed by atoms with Gasteiger partial charge in [-0.15, -0.1) is 0 Å². The molecule has 370 valence electrons. The average molecular weight is 1010 g/mol. The number of rotatable bonds is 10. The van der Waals surface area contributed by atoms with Gasteiger partial charge in [0.25, 0.3) is 0 Å². The lowest BCUT2D eigenvalue weighted by atomic mass is 9.93. The maximum atomic E-state index is 6.64. The molecule has 4 heterocycles. The minimum atomic E-state index is 0.576. The Balaban J connectivity index is 0.901. The summed E-state index contributed by atoms with van der Waals surface area (Å²) in [7, 11) is 0. The Bertz CT molecular complexity index is 4560. The summed E-state index contributed by atoms with van der Waals surface area (Å²) >= 11 is 0. The van der Waals surface area contributed by atoms with Crippen LogP contribution in [0, 0.1) is 0 Å². The summed E-state index contributed by atoms with van der Waals surface area (Å²) < 4.78 is 11.1. The summed E-state index contributed by atoms with van der Waals surface area (Å²) in [6.45, 7) is 0. The van der Waals surface area contributed by atoms with E-state index in [1.165, 1.54) is 0 Å². The Morgan fingerprint density at radius 2 is 0.696 bits per heavy atom. The number of hydrogen-bond acceptors (Lipinski definition) is 5. The van der Waals surface area contributed by atoms with Crippen LogP contribution in [0.25, 0.3) is 145 Å². The van der Waals surface area contributed by atoms with Crippen LogP contribution in [0.2, 0.25) is 0 Å². The number of aromatic nitrogens is 6. The van der Waals surface area contributed by atoms with Crippen molar-refractivity contribution in [1.29, 1.82) is 0 Å². The number of para-hydroxylation sites is 8. The monoisotopic (exact) mass is 1010 g/mol. The number of benzene rings is 11. The third-order valence-electron chi connectivity index (χ3n) is 15.0. The first-order valence-corrected chi connectivity index (χ1v) is 26.5. The van der Waals surface area contributed by atoms with Crippen molar-refractivity contribution in [2.75, 3.05) is 0 Å². The van der Waals surface area contributed by atoms with Crippen molar-refractivity contribution in [2.45, 2.75) is 0 Å². The Hall–Kier alpha value is -10.8. The lowest BCUT2D eigenvalue weighted by Crippen LogP contribution is -1.98. The maximum Gasteiger partial charge on any atom is 0.164 e. The van der Waals surface area contributed by atoms with Crippen molar-refractivity contribution >= 4 is 44.0 Å². The van der Waals surface area contributed by atoms with Crippen molar-refractivity contribution in [2.24, 2.45) is 0 Å². The summed E-state index contributed by atoms with van der Waals surface area (Å²) in [6.07, 6.45) is 0. The zero-order chi connectivity index (χ0) is 52.2. The molecule has 0 aliphatic heterocycles. The lowest BCUT2D eigenvalue weighted by molar-refractivity contribution is 0.669. The molecule has 79 heavy (non-hydrogen) atoms. The molecular formula is C72H46N6O. The van der Waals surface area contributed by atoms with Crippen molar-refractivity contribution in [3.8, 4) is 101 Å². The second kappa shape index (κ2) is 19.1. The number of hydrogen-bond donors (Lipinski definition) is 0. The molecule has 0 bridgehead atoms. The van der Waals surface area contributed by atoms with Crippen LogP contribution in [0.5, 0.6) is 0 Å². The van der Waals surface area contributed by atoms with E-state index in [-0.39, 0.29) is 0 Å². The molecule has 0 fully saturated rings. The Morgan fingerprint density at radius 3 is 1.27 bits per heavy atom. The minimum absolute atomic E-state index is 0.576. The van der Waals surface area contributed by atoms with Crippen molar-refractivity contribution in [3.63, 3.8) is 0 Å². The Labute approximate surface area is 455 Å². The van der Waals surface area contributed by atoms with Gasteiger partial charge in [0.15, 0.2) is 5.82 Å². The number of fused-ring (bicyclic) bond motifs is 5. The quantitative estimate of drug-likeness (QED) is 0.136. The fourth-order valence-corrected chi connectivity index (χ4v) is 11.1. The van der Waals surface area contributed by atoms with Crippen LogP contribution >= 0.6 is 0 Å². The van der Waals surface area contributed by atoms with Gasteiger partial charge in [-0.3, -0.25) is 9.13 Å². The van der Waals surface area contributed by atoms with E-state index in [1.807, 2.05) is 48.5 Å². The standard InChI is InChI=1S/C72H46N6O/c1-4-17-47(18-5-1)48-31-37-51(38-32-48)64-46-65(74-70(73-64)61-25-16-24-60-59-23-10-15-30-68(59)79-69(60)61)56-44-54(49-33-39-52(40-34-49)71-75-62-26-11-13-28-66(62)77(71)57-19-6-2-7-20-57)43-55(45-56)50-35-41-53(42-36-50)72-76-63-27-12-14-29-67(63)78(72)58-21-8-3-9-22-58/h1-46H. The zero-order valence-electron chi connectivity index (χ0n) is 42.6. The van der Waals surface area contributed by atoms with Gasteiger partial charge in [-0.25, -0.2) is 19.9 Å². The summed E-state index contributed by atoms with van der Waals surface area (Å²) in [5, 5.41) is 2.07. The molecule has 0 unspecified atom stereocenters. The maximum absolute atomic E-state index is 6.64. The van der Waals surface area contributed by atoms with Crippen LogP contribution in [0.4, 0.5) is 0 Å². The minimum Gasteiger partial charge on any atom is -0.455 e. The number of nitrogens with zero attached hydrogens (tertiary/aromatic N) is 6. The van der Waals surface area contributed by atoms with Gasteiger partial charge in [0.2, 0.25) is 0 Å². The average Bonchev–Trinajstić information content (AvgIpc) is 4.41. The van der Waals surface area contributed by atoms with Gasteiger partial charge >= 0.3 is 0 Å². The van der Waals surface area contributed by atoms with E-state index < -0.39 is 0 Å². The number of furan rings is 1. The second-order valence-electron chi connectivity index (χ2n) is 19.8. The molecule has 0 saturated heterocycles. The molecule has 15 rings (SSSR count). The van der Waals surface area contributed by atoms with Crippen LogP contribution in [-0.4, -0.2) is 29.1 Å². The summed E-state index contributed by atoms with van der Waals surface area (Å²) in [6, 6.07) is 97.5. The molecule has 0 amide bonds. The number of imidazole rings is 2. The first-order chi connectivity index (χ1) is 39.1. The molecular weight excluding hydrogens is 965 g/mol. The predicted octanol–water partition coefficient (Wildman–Crippen LogP) is 18.4. The molecule has 4 aromatic heterocycles. The van der Waals surface area contributed by atoms with Gasteiger partial charge in [-0.05, 0) is 118 Å². The molecule has 11 aromatic carbocycles. The molecule has 7 heteroatoms. The predicted molar refractivity (Wildman–Crippen MR) is 322 cm³/mol. The first-order valence-electron chi connectivity index (χ1n) is 26.5. The van der Waals surface area contributed by atoms with E-state index in [0.29, 0.717) is 5.82 Å². The highest BCUT2D eigenvalue weighted by Gasteiger charge is 2.20. The Kier molecular flexibility index (Phi) is 11.0. The first kappa shape index (κ1) is 45.6. The molecule has 0 spiro atoms. The third-order valence-corrected chi connectivity index (χ3v) is 15.0. The smallest absolute Gasteiger partial charge is 0.164 e. The van der Waals surface area contributed by atoms with Crippen molar-refractivity contribution in [3.05, 3.63) is 279 Å². The van der Waals surface area contributed by atoms with Crippen molar-refractivity contribution < 1.29 is 4.42 Å². The SMILES string of the molecule is c1ccc(-c2ccc(-c3cc(-c4cc(-c5ccc(-c6nc7ccccc7n6-c6ccccc6)cc5)cc(-c5ccc(-c6nc7ccccc7n6-c6ccccc6)cc5)c4)nc(-c4cccc5c4oc4ccccc45)n3)cc2)cc1. The van der Waals surface area contributed by atoms with E-state index in [4.69, 9.17) is 24.4 Å². The van der Waals surface area contributed by atoms with Gasteiger partial charge in [0.05, 0.1) is 39.0 Å². The molecule has 0 aliphatic rings. The largest absolute Gasteiger partial charge is 0.455 e. The van der Waals surface area contributed by atoms with Gasteiger partial charge in [0.1, 0.15) is 22.8 Å². The molecule has 0 saturated carbocycles. The normalized spacial score (nSPS) is 11.5. The molecule has 7 nitrogen and oxygen atoms in total. The Morgan fingerprint density at radius 1 is 0.278 bits per heavy atom. The van der Waals surface area contributed by atoms with Gasteiger partial charge in [-0.1, -0.05) is 194 Å². The van der Waals surface area contributed by atoms with Crippen LogP contribution in [0.3, 0.4) is 0 Å². The van der Waals surface area contributed by atoms with Crippen LogP contribution in [0.1, 0.15) is 0 Å². The van der Waals surface area contributed by atoms with E-state index in [9.17, 15) is 0 Å². The topological polar surface area (TPSA) is 74.6 Å². The molecule has 0 aliphatic carbocycles. The van der Waals surface area contributed by atoms with Gasteiger partial charge in [-0.2, -0.15) is 0 Å². The van der Waals surface area contributed by atoms with E-state index in [2.05, 4.69) is 240 Å². The van der Waals surface area contributed by atoms with Crippen molar-refractivity contribution in [1.82, 2.24) is 29.1 Å².